The van der Waals surface area contributed by atoms with Crippen LogP contribution in [0.1, 0.15) is 5.56 Å². The molecule has 0 aromatic heterocycles. The van der Waals surface area contributed by atoms with Crippen LogP contribution in [0.25, 0.3) is 0 Å². The van der Waals surface area contributed by atoms with E-state index < -0.39 is 0 Å². The molecule has 0 fully saturated rings. The lowest BCUT2D eigenvalue weighted by molar-refractivity contribution is 0.172. The molecule has 0 atom stereocenters. The summed E-state index contributed by atoms with van der Waals surface area (Å²) in [4.78, 5) is 10.5. The van der Waals surface area contributed by atoms with Crippen molar-refractivity contribution in [2.75, 3.05) is 5.43 Å². The molecule has 1 aromatic rings. The molecule has 13 heavy (non-hydrogen) atoms. The highest BCUT2D eigenvalue weighted by Crippen LogP contribution is 2.10. The summed E-state index contributed by atoms with van der Waals surface area (Å²) < 4.78 is 4.49. The van der Waals surface area contributed by atoms with E-state index in [1.807, 2.05) is 24.3 Å². The number of nitrogen functional groups attached to an aromatic ring is 1. The van der Waals surface area contributed by atoms with Crippen molar-refractivity contribution in [3.05, 3.63) is 29.8 Å². The number of nitrogens with one attached hydrogen (secondary N) is 1. The van der Waals surface area contributed by atoms with Gasteiger partial charge in [-0.15, -0.1) is 0 Å². The predicted octanol–water partition coefficient (Wildman–Crippen LogP) is 2.04. The number of ether oxygens (including phenoxy) is 1. The van der Waals surface area contributed by atoms with Gasteiger partial charge in [-0.05, 0) is 17.7 Å². The third kappa shape index (κ3) is 3.60. The normalized spacial score (nSPS) is 9.38. The lowest BCUT2D eigenvalue weighted by Crippen LogP contribution is -2.06. The van der Waals surface area contributed by atoms with E-state index >= 15 is 0 Å². The molecule has 0 saturated heterocycles. The zero-order valence-corrected chi connectivity index (χ0v) is 8.95. The van der Waals surface area contributed by atoms with Gasteiger partial charge in [0.1, 0.15) is 6.61 Å². The summed E-state index contributed by atoms with van der Waals surface area (Å²) in [5, 5.41) is 0. The minimum atomic E-state index is -0.316. The van der Waals surface area contributed by atoms with E-state index in [1.54, 1.807) is 22.6 Å². The molecule has 0 aliphatic rings. The average molecular weight is 292 g/mol. The van der Waals surface area contributed by atoms with Gasteiger partial charge < -0.3 is 10.2 Å². The Morgan fingerprint density at radius 2 is 2.38 bits per heavy atom. The van der Waals surface area contributed by atoms with Crippen molar-refractivity contribution in [1.29, 1.82) is 0 Å². The highest BCUT2D eigenvalue weighted by molar-refractivity contribution is 14.1. The summed E-state index contributed by atoms with van der Waals surface area (Å²) in [6, 6.07) is 7.35. The maximum atomic E-state index is 10.5. The van der Waals surface area contributed by atoms with E-state index in [-0.39, 0.29) is 10.6 Å². The minimum absolute atomic E-state index is 0.275. The Balaban J connectivity index is 2.61. The van der Waals surface area contributed by atoms with Crippen LogP contribution in [-0.4, -0.2) is 3.98 Å². The topological polar surface area (TPSA) is 64.3 Å². The fourth-order valence-electron chi connectivity index (χ4n) is 0.891. The number of rotatable bonds is 3. The largest absolute Gasteiger partial charge is 0.453 e. The van der Waals surface area contributed by atoms with Gasteiger partial charge in [0, 0.05) is 5.69 Å². The van der Waals surface area contributed by atoms with Crippen LogP contribution in [0, 0.1) is 0 Å². The molecule has 0 spiro atoms. The Kier molecular flexibility index (Phi) is 3.97. The Morgan fingerprint density at radius 1 is 1.62 bits per heavy atom. The quantitative estimate of drug-likeness (QED) is 0.387. The lowest BCUT2D eigenvalue weighted by Gasteiger charge is -2.03. The summed E-state index contributed by atoms with van der Waals surface area (Å²) >= 11 is 1.59. The lowest BCUT2D eigenvalue weighted by atomic mass is 10.2. The highest BCUT2D eigenvalue weighted by atomic mass is 127. The summed E-state index contributed by atoms with van der Waals surface area (Å²) in [6.45, 7) is 0.275. The molecule has 5 heteroatoms. The third-order valence-electron chi connectivity index (χ3n) is 1.45. The molecular weight excluding hydrogens is 283 g/mol. The highest BCUT2D eigenvalue weighted by Gasteiger charge is 1.97. The molecule has 0 radical (unpaired) electrons. The minimum Gasteiger partial charge on any atom is -0.453 e. The maximum Gasteiger partial charge on any atom is 0.367 e. The standard InChI is InChI=1S/C8H9IN2O2/c9-8(12)13-5-6-2-1-3-7(4-6)11-10/h1-4,11H,5,10H2. The Hall–Kier alpha value is -0.820. The van der Waals surface area contributed by atoms with E-state index in [4.69, 9.17) is 10.6 Å². The third-order valence-corrected chi connectivity index (χ3v) is 1.76. The summed E-state index contributed by atoms with van der Waals surface area (Å²) in [6.07, 6.45) is 0. The summed E-state index contributed by atoms with van der Waals surface area (Å²) in [7, 11) is 0. The number of carbonyl (C=O) groups is 1. The number of hydrogen-bond donors (Lipinski definition) is 2. The van der Waals surface area contributed by atoms with Crippen LogP contribution in [0.4, 0.5) is 10.5 Å². The van der Waals surface area contributed by atoms with Crippen LogP contribution in [0.2, 0.25) is 0 Å². The van der Waals surface area contributed by atoms with E-state index in [0.717, 1.165) is 11.3 Å². The molecule has 0 bridgehead atoms. The fraction of sp³-hybridized carbons (Fsp3) is 0.125. The second-order valence-corrected chi connectivity index (χ2v) is 3.25. The van der Waals surface area contributed by atoms with Gasteiger partial charge in [-0.1, -0.05) is 12.1 Å². The Morgan fingerprint density at radius 3 is 3.00 bits per heavy atom. The monoisotopic (exact) mass is 292 g/mol. The summed E-state index contributed by atoms with van der Waals surface area (Å²) in [5.74, 6) is 5.22. The first-order chi connectivity index (χ1) is 6.22. The molecule has 1 aromatic carbocycles. The van der Waals surface area contributed by atoms with E-state index in [0.29, 0.717) is 0 Å². The zero-order valence-electron chi connectivity index (χ0n) is 6.79. The zero-order chi connectivity index (χ0) is 9.68. The van der Waals surface area contributed by atoms with Gasteiger partial charge in [0.05, 0.1) is 22.6 Å². The molecule has 0 aliphatic heterocycles. The molecule has 3 N–H and O–H groups in total. The number of halogens is 1. The first-order valence-electron chi connectivity index (χ1n) is 3.60. The second-order valence-electron chi connectivity index (χ2n) is 2.37. The maximum absolute atomic E-state index is 10.5. The van der Waals surface area contributed by atoms with Crippen molar-refractivity contribution < 1.29 is 9.53 Å². The molecule has 0 heterocycles. The molecule has 0 amide bonds. The Bertz CT molecular complexity index is 304. The van der Waals surface area contributed by atoms with Crippen molar-refractivity contribution in [2.24, 2.45) is 5.84 Å². The van der Waals surface area contributed by atoms with Crippen LogP contribution in [0.3, 0.4) is 0 Å². The van der Waals surface area contributed by atoms with Crippen molar-refractivity contribution in [2.45, 2.75) is 6.61 Å². The molecule has 4 nitrogen and oxygen atoms in total. The SMILES string of the molecule is NNc1cccc(COC(=O)I)c1. The van der Waals surface area contributed by atoms with Gasteiger partial charge in [-0.2, -0.15) is 0 Å². The number of anilines is 1. The van der Waals surface area contributed by atoms with E-state index in [9.17, 15) is 4.79 Å². The number of carbonyl (C=O) groups excluding carboxylic acids is 1. The number of nitrogens with two attached hydrogens (primary N) is 1. The molecule has 0 aliphatic carbocycles. The molecular formula is C8H9IN2O2. The fourth-order valence-corrected chi connectivity index (χ4v) is 1.05. The molecule has 1 rings (SSSR count). The van der Waals surface area contributed by atoms with Gasteiger partial charge in [0.2, 0.25) is 0 Å². The van der Waals surface area contributed by atoms with Crippen molar-refractivity contribution in [3.8, 4) is 0 Å². The molecule has 0 saturated carbocycles. The van der Waals surface area contributed by atoms with Gasteiger partial charge in [-0.3, -0.25) is 5.84 Å². The van der Waals surface area contributed by atoms with Gasteiger partial charge in [0.15, 0.2) is 0 Å². The van der Waals surface area contributed by atoms with Crippen LogP contribution in [-0.2, 0) is 11.3 Å². The van der Waals surface area contributed by atoms with Crippen molar-refractivity contribution >= 4 is 32.3 Å². The van der Waals surface area contributed by atoms with Crippen LogP contribution in [0.5, 0.6) is 0 Å². The first-order valence-corrected chi connectivity index (χ1v) is 4.68. The predicted molar refractivity (Wildman–Crippen MR) is 58.5 cm³/mol. The average Bonchev–Trinajstić information content (AvgIpc) is 2.15. The van der Waals surface area contributed by atoms with Crippen molar-refractivity contribution in [3.63, 3.8) is 0 Å². The number of hydrazine groups is 1. The van der Waals surface area contributed by atoms with E-state index in [1.165, 1.54) is 0 Å². The van der Waals surface area contributed by atoms with Crippen LogP contribution >= 0.6 is 22.6 Å². The number of hydrogen-bond acceptors (Lipinski definition) is 4. The molecule has 0 unspecified atom stereocenters. The van der Waals surface area contributed by atoms with Gasteiger partial charge >= 0.3 is 3.98 Å². The first kappa shape index (κ1) is 10.3. The molecule has 70 valence electrons. The van der Waals surface area contributed by atoms with Gasteiger partial charge in [0.25, 0.3) is 0 Å². The van der Waals surface area contributed by atoms with Crippen LogP contribution in [0.15, 0.2) is 24.3 Å². The second kappa shape index (κ2) is 5.03. The van der Waals surface area contributed by atoms with Crippen molar-refractivity contribution in [1.82, 2.24) is 0 Å². The Labute approximate surface area is 89.6 Å². The summed E-state index contributed by atoms with van der Waals surface area (Å²) in [5.41, 5.74) is 4.21. The smallest absolute Gasteiger partial charge is 0.367 e. The van der Waals surface area contributed by atoms with E-state index in [2.05, 4.69) is 5.43 Å². The van der Waals surface area contributed by atoms with Crippen LogP contribution < -0.4 is 11.3 Å². The number of benzene rings is 1. The van der Waals surface area contributed by atoms with Gasteiger partial charge in [-0.25, -0.2) is 4.79 Å².